The molecule has 0 spiro atoms. The van der Waals surface area contributed by atoms with E-state index in [4.69, 9.17) is 17.0 Å². The standard InChI is InChI=1S/C18H22N4O3S2/c1-25-17-12-15(27(23,24)22-10-3-2-4-11-22)7-8-16(17)21-18(26)20-14-6-5-9-19-13-14/h5-9,12-13H,2-4,10-11H2,1H3,(H2,20,21,26). The van der Waals surface area contributed by atoms with Gasteiger partial charge in [0.25, 0.3) is 0 Å². The van der Waals surface area contributed by atoms with E-state index in [9.17, 15) is 8.42 Å². The van der Waals surface area contributed by atoms with Gasteiger partial charge in [0.1, 0.15) is 5.75 Å². The predicted octanol–water partition coefficient (Wildman–Crippen LogP) is 3.07. The molecule has 0 aliphatic carbocycles. The molecule has 0 radical (unpaired) electrons. The van der Waals surface area contributed by atoms with E-state index in [1.54, 1.807) is 30.6 Å². The molecular formula is C18H22N4O3S2. The molecule has 1 saturated heterocycles. The lowest BCUT2D eigenvalue weighted by molar-refractivity contribution is 0.346. The van der Waals surface area contributed by atoms with E-state index in [-0.39, 0.29) is 4.90 Å². The van der Waals surface area contributed by atoms with Crippen molar-refractivity contribution in [1.82, 2.24) is 9.29 Å². The molecule has 0 saturated carbocycles. The highest BCUT2D eigenvalue weighted by atomic mass is 32.2. The average molecular weight is 407 g/mol. The van der Waals surface area contributed by atoms with E-state index in [1.165, 1.54) is 17.5 Å². The van der Waals surface area contributed by atoms with Crippen LogP contribution in [0.4, 0.5) is 11.4 Å². The fourth-order valence-electron chi connectivity index (χ4n) is 2.91. The van der Waals surface area contributed by atoms with Crippen LogP contribution in [0, 0.1) is 0 Å². The Morgan fingerprint density at radius 3 is 2.63 bits per heavy atom. The minimum Gasteiger partial charge on any atom is -0.495 e. The summed E-state index contributed by atoms with van der Waals surface area (Å²) < 4.78 is 32.6. The summed E-state index contributed by atoms with van der Waals surface area (Å²) in [6.07, 6.45) is 6.18. The van der Waals surface area contributed by atoms with Gasteiger partial charge in [0.2, 0.25) is 10.0 Å². The SMILES string of the molecule is COc1cc(S(=O)(=O)N2CCCCC2)ccc1NC(=S)Nc1cccnc1. The number of rotatable bonds is 5. The van der Waals surface area contributed by atoms with Crippen molar-refractivity contribution in [3.05, 3.63) is 42.7 Å². The Balaban J connectivity index is 1.77. The summed E-state index contributed by atoms with van der Waals surface area (Å²) in [5.74, 6) is 0.406. The van der Waals surface area contributed by atoms with E-state index < -0.39 is 10.0 Å². The van der Waals surface area contributed by atoms with Gasteiger partial charge in [-0.25, -0.2) is 8.42 Å². The molecule has 1 aromatic heterocycles. The first-order valence-corrected chi connectivity index (χ1v) is 10.5. The second kappa shape index (κ2) is 8.64. The van der Waals surface area contributed by atoms with Crippen LogP contribution in [0.25, 0.3) is 0 Å². The van der Waals surface area contributed by atoms with Gasteiger partial charge in [0, 0.05) is 25.4 Å². The smallest absolute Gasteiger partial charge is 0.243 e. The van der Waals surface area contributed by atoms with E-state index >= 15 is 0 Å². The zero-order chi connectivity index (χ0) is 19.3. The Kier molecular flexibility index (Phi) is 6.25. The van der Waals surface area contributed by atoms with Gasteiger partial charge in [0.05, 0.1) is 29.6 Å². The van der Waals surface area contributed by atoms with Gasteiger partial charge in [-0.05, 0) is 49.3 Å². The van der Waals surface area contributed by atoms with Crippen molar-refractivity contribution >= 4 is 38.7 Å². The Hall–Kier alpha value is -2.23. The number of ether oxygens (including phenoxy) is 1. The molecule has 0 atom stereocenters. The summed E-state index contributed by atoms with van der Waals surface area (Å²) >= 11 is 5.30. The molecule has 3 rings (SSSR count). The van der Waals surface area contributed by atoms with Crippen molar-refractivity contribution < 1.29 is 13.2 Å². The highest BCUT2D eigenvalue weighted by Gasteiger charge is 2.26. The summed E-state index contributed by atoms with van der Waals surface area (Å²) in [7, 11) is -2.02. The van der Waals surface area contributed by atoms with E-state index in [2.05, 4.69) is 15.6 Å². The maximum absolute atomic E-state index is 12.8. The normalized spacial score (nSPS) is 15.1. The Morgan fingerprint density at radius 1 is 1.19 bits per heavy atom. The number of nitrogens with one attached hydrogen (secondary N) is 2. The van der Waals surface area contributed by atoms with Crippen molar-refractivity contribution in [2.75, 3.05) is 30.8 Å². The minimum atomic E-state index is -3.52. The summed E-state index contributed by atoms with van der Waals surface area (Å²) in [5, 5.41) is 6.40. The van der Waals surface area contributed by atoms with Gasteiger partial charge < -0.3 is 15.4 Å². The van der Waals surface area contributed by atoms with Gasteiger partial charge in [-0.3, -0.25) is 4.98 Å². The quantitative estimate of drug-likeness (QED) is 0.738. The largest absolute Gasteiger partial charge is 0.495 e. The number of nitrogens with zero attached hydrogens (tertiary/aromatic N) is 2. The first-order valence-electron chi connectivity index (χ1n) is 8.67. The van der Waals surface area contributed by atoms with Gasteiger partial charge >= 0.3 is 0 Å². The van der Waals surface area contributed by atoms with Crippen LogP contribution in [0.2, 0.25) is 0 Å². The minimum absolute atomic E-state index is 0.220. The fraction of sp³-hybridized carbons (Fsp3) is 0.333. The first kappa shape index (κ1) is 19.5. The van der Waals surface area contributed by atoms with Gasteiger partial charge in [-0.15, -0.1) is 0 Å². The first-order chi connectivity index (χ1) is 13.0. The number of aromatic nitrogens is 1. The van der Waals surface area contributed by atoms with Crippen LogP contribution in [-0.2, 0) is 10.0 Å². The van der Waals surface area contributed by atoms with E-state index in [0.717, 1.165) is 24.9 Å². The molecule has 1 aliphatic rings. The molecular weight excluding hydrogens is 384 g/mol. The number of hydrogen-bond donors (Lipinski definition) is 2. The van der Waals surface area contributed by atoms with Gasteiger partial charge in [-0.2, -0.15) is 4.31 Å². The van der Waals surface area contributed by atoms with Crippen LogP contribution in [0.5, 0.6) is 5.75 Å². The molecule has 7 nitrogen and oxygen atoms in total. The maximum Gasteiger partial charge on any atom is 0.243 e. The molecule has 1 fully saturated rings. The van der Waals surface area contributed by atoms with Crippen molar-refractivity contribution in [2.24, 2.45) is 0 Å². The lowest BCUT2D eigenvalue weighted by Gasteiger charge is -2.26. The number of hydrogen-bond acceptors (Lipinski definition) is 5. The summed E-state index contributed by atoms with van der Waals surface area (Å²) in [6, 6.07) is 8.39. The number of sulfonamides is 1. The monoisotopic (exact) mass is 406 g/mol. The van der Waals surface area contributed by atoms with E-state index in [1.807, 2.05) is 6.07 Å². The van der Waals surface area contributed by atoms with Crippen LogP contribution < -0.4 is 15.4 Å². The zero-order valence-corrected chi connectivity index (χ0v) is 16.6. The molecule has 1 aromatic carbocycles. The number of piperidine rings is 1. The van der Waals surface area contributed by atoms with Crippen molar-refractivity contribution in [1.29, 1.82) is 0 Å². The molecule has 1 aliphatic heterocycles. The Labute approximate surface area is 164 Å². The van der Waals surface area contributed by atoms with Crippen molar-refractivity contribution in [2.45, 2.75) is 24.2 Å². The predicted molar refractivity (Wildman–Crippen MR) is 110 cm³/mol. The molecule has 0 amide bonds. The number of thiocarbonyl (C=S) groups is 1. The number of benzene rings is 1. The summed E-state index contributed by atoms with van der Waals surface area (Å²) in [4.78, 5) is 4.24. The van der Waals surface area contributed by atoms with Crippen LogP contribution in [0.15, 0.2) is 47.6 Å². The van der Waals surface area contributed by atoms with Crippen LogP contribution >= 0.6 is 12.2 Å². The topological polar surface area (TPSA) is 83.6 Å². The molecule has 0 bridgehead atoms. The second-order valence-electron chi connectivity index (χ2n) is 6.15. The molecule has 9 heteroatoms. The second-order valence-corrected chi connectivity index (χ2v) is 8.49. The Bertz CT molecular complexity index is 898. The lowest BCUT2D eigenvalue weighted by atomic mass is 10.2. The maximum atomic E-state index is 12.8. The van der Waals surface area contributed by atoms with Crippen LogP contribution in [0.3, 0.4) is 0 Å². The summed E-state index contributed by atoms with van der Waals surface area (Å²) in [6.45, 7) is 1.12. The molecule has 144 valence electrons. The third kappa shape index (κ3) is 4.74. The molecule has 2 N–H and O–H groups in total. The fourth-order valence-corrected chi connectivity index (χ4v) is 4.67. The van der Waals surface area contributed by atoms with Crippen molar-refractivity contribution in [3.63, 3.8) is 0 Å². The molecule has 2 aromatic rings. The molecule has 2 heterocycles. The van der Waals surface area contributed by atoms with Crippen molar-refractivity contribution in [3.8, 4) is 5.75 Å². The third-order valence-electron chi connectivity index (χ3n) is 4.29. The number of anilines is 2. The lowest BCUT2D eigenvalue weighted by Crippen LogP contribution is -2.35. The van der Waals surface area contributed by atoms with Crippen LogP contribution in [0.1, 0.15) is 19.3 Å². The zero-order valence-electron chi connectivity index (χ0n) is 15.0. The van der Waals surface area contributed by atoms with Gasteiger partial charge in [0.15, 0.2) is 5.11 Å². The molecule has 27 heavy (non-hydrogen) atoms. The van der Waals surface area contributed by atoms with E-state index in [0.29, 0.717) is 29.6 Å². The molecule has 0 unspecified atom stereocenters. The Morgan fingerprint density at radius 2 is 1.96 bits per heavy atom. The number of methoxy groups -OCH3 is 1. The highest BCUT2D eigenvalue weighted by Crippen LogP contribution is 2.30. The summed E-state index contributed by atoms with van der Waals surface area (Å²) in [5.41, 5.74) is 1.33. The average Bonchev–Trinajstić information content (AvgIpc) is 2.69. The highest BCUT2D eigenvalue weighted by molar-refractivity contribution is 7.89. The third-order valence-corrected chi connectivity index (χ3v) is 6.39. The van der Waals surface area contributed by atoms with Crippen LogP contribution in [-0.4, -0.2) is 43.0 Å². The van der Waals surface area contributed by atoms with Gasteiger partial charge in [-0.1, -0.05) is 6.42 Å². The number of pyridine rings is 1.